The summed E-state index contributed by atoms with van der Waals surface area (Å²) in [5.41, 5.74) is 0.768. The van der Waals surface area contributed by atoms with Gasteiger partial charge in [-0.15, -0.1) is 10.2 Å². The predicted molar refractivity (Wildman–Crippen MR) is 69.7 cm³/mol. The molecule has 0 radical (unpaired) electrons. The highest BCUT2D eigenvalue weighted by Crippen LogP contribution is 2.37. The van der Waals surface area contributed by atoms with Crippen LogP contribution >= 0.6 is 0 Å². The van der Waals surface area contributed by atoms with Gasteiger partial charge in [0.25, 0.3) is 0 Å². The lowest BCUT2D eigenvalue weighted by molar-refractivity contribution is -0.144. The van der Waals surface area contributed by atoms with Crippen LogP contribution in [0, 0.1) is 5.92 Å². The Labute approximate surface area is 111 Å². The molecule has 0 saturated heterocycles. The van der Waals surface area contributed by atoms with E-state index < -0.39 is 0 Å². The van der Waals surface area contributed by atoms with E-state index in [9.17, 15) is 4.79 Å². The van der Waals surface area contributed by atoms with Gasteiger partial charge in [-0.3, -0.25) is 9.20 Å². The Morgan fingerprint density at radius 3 is 2.89 bits per heavy atom. The van der Waals surface area contributed by atoms with E-state index in [0.29, 0.717) is 11.7 Å². The van der Waals surface area contributed by atoms with Crippen LogP contribution in [0.4, 0.5) is 0 Å². The van der Waals surface area contributed by atoms with Crippen molar-refractivity contribution in [2.75, 3.05) is 7.11 Å². The highest BCUT2D eigenvalue weighted by molar-refractivity contribution is 5.77. The topological polar surface area (TPSA) is 56.5 Å². The Morgan fingerprint density at radius 2 is 2.16 bits per heavy atom. The fourth-order valence-electron chi connectivity index (χ4n) is 3.00. The molecule has 5 heteroatoms. The first-order chi connectivity index (χ1) is 9.31. The van der Waals surface area contributed by atoms with Crippen LogP contribution < -0.4 is 0 Å². The highest BCUT2D eigenvalue weighted by atomic mass is 16.5. The summed E-state index contributed by atoms with van der Waals surface area (Å²) in [7, 11) is 1.44. The zero-order valence-electron chi connectivity index (χ0n) is 11.0. The van der Waals surface area contributed by atoms with Crippen molar-refractivity contribution in [2.24, 2.45) is 5.92 Å². The van der Waals surface area contributed by atoms with Gasteiger partial charge in [0.1, 0.15) is 5.92 Å². The molecular weight excluding hydrogens is 242 g/mol. The highest BCUT2D eigenvalue weighted by Gasteiger charge is 2.36. The zero-order valence-corrected chi connectivity index (χ0v) is 11.0. The first-order valence-corrected chi connectivity index (χ1v) is 6.68. The Morgan fingerprint density at radius 1 is 1.37 bits per heavy atom. The van der Waals surface area contributed by atoms with Crippen LogP contribution in [0.15, 0.2) is 24.4 Å². The number of esters is 1. The molecule has 0 aliphatic heterocycles. The number of carbonyl (C=O) groups excluding carboxylic acids is 1. The van der Waals surface area contributed by atoms with Gasteiger partial charge >= 0.3 is 5.97 Å². The molecule has 0 aromatic carbocycles. The van der Waals surface area contributed by atoms with Gasteiger partial charge in [0.15, 0.2) is 11.5 Å². The van der Waals surface area contributed by atoms with Crippen LogP contribution in [-0.2, 0) is 9.53 Å². The van der Waals surface area contributed by atoms with Crippen molar-refractivity contribution in [2.45, 2.75) is 31.6 Å². The lowest BCUT2D eigenvalue weighted by atomic mass is 9.90. The van der Waals surface area contributed by atoms with Crippen molar-refractivity contribution < 1.29 is 9.53 Å². The maximum Gasteiger partial charge on any atom is 0.316 e. The smallest absolute Gasteiger partial charge is 0.316 e. The summed E-state index contributed by atoms with van der Waals surface area (Å²) in [5, 5.41) is 8.35. The second-order valence-electron chi connectivity index (χ2n) is 5.03. The molecule has 1 fully saturated rings. The zero-order chi connectivity index (χ0) is 13.2. The molecule has 1 atom stereocenters. The van der Waals surface area contributed by atoms with Crippen molar-refractivity contribution in [1.82, 2.24) is 14.6 Å². The predicted octanol–water partition coefficient (Wildman–Crippen LogP) is 2.18. The largest absolute Gasteiger partial charge is 0.468 e. The second-order valence-corrected chi connectivity index (χ2v) is 5.03. The summed E-state index contributed by atoms with van der Waals surface area (Å²) >= 11 is 0. The third kappa shape index (κ3) is 2.09. The van der Waals surface area contributed by atoms with Crippen molar-refractivity contribution >= 4 is 11.6 Å². The number of aromatic nitrogens is 3. The van der Waals surface area contributed by atoms with Crippen LogP contribution in [0.3, 0.4) is 0 Å². The summed E-state index contributed by atoms with van der Waals surface area (Å²) in [5.74, 6) is 0.518. The number of rotatable bonds is 3. The molecule has 2 heterocycles. The molecule has 3 rings (SSSR count). The maximum absolute atomic E-state index is 12.1. The van der Waals surface area contributed by atoms with Crippen molar-refractivity contribution in [3.63, 3.8) is 0 Å². The van der Waals surface area contributed by atoms with Gasteiger partial charge in [0, 0.05) is 6.20 Å². The standard InChI is InChI=1S/C14H17N3O2/c1-19-14(18)12(10-6-2-3-7-10)13-16-15-11-8-4-5-9-17(11)13/h4-5,8-10,12H,2-3,6-7H2,1H3. The fraction of sp³-hybridized carbons (Fsp3) is 0.500. The molecule has 0 N–H and O–H groups in total. The Kier molecular flexibility index (Phi) is 3.19. The van der Waals surface area contributed by atoms with E-state index in [0.717, 1.165) is 18.5 Å². The summed E-state index contributed by atoms with van der Waals surface area (Å²) in [4.78, 5) is 12.1. The van der Waals surface area contributed by atoms with E-state index in [1.807, 2.05) is 28.8 Å². The van der Waals surface area contributed by atoms with Crippen LogP contribution in [0.2, 0.25) is 0 Å². The Bertz CT molecular complexity index is 587. The molecule has 1 aliphatic carbocycles. The van der Waals surface area contributed by atoms with Crippen LogP contribution in [0.25, 0.3) is 5.65 Å². The molecule has 100 valence electrons. The van der Waals surface area contributed by atoms with Gasteiger partial charge in [-0.25, -0.2) is 0 Å². The second kappa shape index (κ2) is 4.99. The van der Waals surface area contributed by atoms with Crippen molar-refractivity contribution in [3.05, 3.63) is 30.2 Å². The van der Waals surface area contributed by atoms with Crippen molar-refractivity contribution in [3.8, 4) is 0 Å². The molecule has 5 nitrogen and oxygen atoms in total. The van der Waals surface area contributed by atoms with Crippen molar-refractivity contribution in [1.29, 1.82) is 0 Å². The average molecular weight is 259 g/mol. The van der Waals surface area contributed by atoms with Gasteiger partial charge in [0.2, 0.25) is 0 Å². The van der Waals surface area contributed by atoms with Gasteiger partial charge in [-0.05, 0) is 30.9 Å². The van der Waals surface area contributed by atoms with Gasteiger partial charge < -0.3 is 4.74 Å². The average Bonchev–Trinajstić information content (AvgIpc) is 3.09. The lowest BCUT2D eigenvalue weighted by Crippen LogP contribution is -2.23. The molecule has 1 unspecified atom stereocenters. The molecule has 19 heavy (non-hydrogen) atoms. The molecule has 2 aromatic rings. The van der Waals surface area contributed by atoms with E-state index in [-0.39, 0.29) is 11.9 Å². The number of carbonyl (C=O) groups is 1. The molecule has 0 spiro atoms. The number of ether oxygens (including phenoxy) is 1. The monoisotopic (exact) mass is 259 g/mol. The van der Waals surface area contributed by atoms with E-state index in [1.54, 1.807) is 0 Å². The quantitative estimate of drug-likeness (QED) is 0.793. The molecule has 2 aromatic heterocycles. The number of pyridine rings is 1. The Balaban J connectivity index is 2.05. The number of methoxy groups -OCH3 is 1. The van der Waals surface area contributed by atoms with E-state index in [2.05, 4.69) is 10.2 Å². The number of hydrogen-bond donors (Lipinski definition) is 0. The lowest BCUT2D eigenvalue weighted by Gasteiger charge is -2.19. The SMILES string of the molecule is COC(=O)C(c1nnc2ccccn12)C1CCCC1. The first kappa shape index (κ1) is 12.1. The summed E-state index contributed by atoms with van der Waals surface area (Å²) < 4.78 is 6.87. The molecule has 0 bridgehead atoms. The maximum atomic E-state index is 12.1. The van der Waals surface area contributed by atoms with Gasteiger partial charge in [0.05, 0.1) is 7.11 Å². The van der Waals surface area contributed by atoms with Crippen LogP contribution in [-0.4, -0.2) is 27.7 Å². The van der Waals surface area contributed by atoms with E-state index in [4.69, 9.17) is 4.74 Å². The number of fused-ring (bicyclic) bond motifs is 1. The fourth-order valence-corrected chi connectivity index (χ4v) is 3.00. The van der Waals surface area contributed by atoms with Crippen LogP contribution in [0.1, 0.15) is 37.4 Å². The minimum Gasteiger partial charge on any atom is -0.468 e. The van der Waals surface area contributed by atoms with Crippen LogP contribution in [0.5, 0.6) is 0 Å². The Hall–Kier alpha value is -1.91. The normalized spacial score (nSPS) is 17.7. The summed E-state index contributed by atoms with van der Waals surface area (Å²) in [6.07, 6.45) is 6.36. The molecule has 1 saturated carbocycles. The first-order valence-electron chi connectivity index (χ1n) is 6.68. The molecule has 1 aliphatic rings. The van der Waals surface area contributed by atoms with Gasteiger partial charge in [-0.1, -0.05) is 18.9 Å². The molecular formula is C14H17N3O2. The number of hydrogen-bond acceptors (Lipinski definition) is 4. The molecule has 0 amide bonds. The summed E-state index contributed by atoms with van der Waals surface area (Å²) in [6.45, 7) is 0. The third-order valence-corrected chi connectivity index (χ3v) is 3.94. The van der Waals surface area contributed by atoms with E-state index in [1.165, 1.54) is 20.0 Å². The third-order valence-electron chi connectivity index (χ3n) is 3.94. The minimum atomic E-state index is -0.301. The minimum absolute atomic E-state index is 0.204. The van der Waals surface area contributed by atoms with Gasteiger partial charge in [-0.2, -0.15) is 0 Å². The van der Waals surface area contributed by atoms with E-state index >= 15 is 0 Å². The number of nitrogens with zero attached hydrogens (tertiary/aromatic N) is 3. The summed E-state index contributed by atoms with van der Waals surface area (Å²) in [6, 6.07) is 5.72.